The van der Waals surface area contributed by atoms with E-state index in [1.165, 1.54) is 11.3 Å². The van der Waals surface area contributed by atoms with Gasteiger partial charge in [0.15, 0.2) is 0 Å². The molecular formula is C10H8BrNOS. The van der Waals surface area contributed by atoms with Gasteiger partial charge in [-0.1, -0.05) is 33.3 Å². The Hall–Kier alpha value is -0.870. The summed E-state index contributed by atoms with van der Waals surface area (Å²) in [5, 5.41) is 1.84. The molecule has 0 atom stereocenters. The third kappa shape index (κ3) is 1.81. The zero-order valence-corrected chi connectivity index (χ0v) is 9.91. The fourth-order valence-electron chi connectivity index (χ4n) is 1.30. The molecule has 2 aromatic rings. The van der Waals surface area contributed by atoms with Crippen molar-refractivity contribution in [2.24, 2.45) is 0 Å². The SMILES string of the molecule is Cc1ccc(Br)cc1-c1csc(=O)[nH]1. The van der Waals surface area contributed by atoms with Gasteiger partial charge >= 0.3 is 4.87 Å². The van der Waals surface area contributed by atoms with Crippen LogP contribution in [0.5, 0.6) is 0 Å². The lowest BCUT2D eigenvalue weighted by Crippen LogP contribution is -1.93. The highest BCUT2D eigenvalue weighted by Gasteiger charge is 2.04. The van der Waals surface area contributed by atoms with Gasteiger partial charge in [-0.3, -0.25) is 4.79 Å². The van der Waals surface area contributed by atoms with E-state index in [4.69, 9.17) is 0 Å². The van der Waals surface area contributed by atoms with Gasteiger partial charge in [0, 0.05) is 15.4 Å². The first-order chi connectivity index (χ1) is 6.66. The van der Waals surface area contributed by atoms with Crippen LogP contribution in [-0.4, -0.2) is 4.98 Å². The molecule has 2 nitrogen and oxygen atoms in total. The lowest BCUT2D eigenvalue weighted by atomic mass is 10.1. The number of hydrogen-bond acceptors (Lipinski definition) is 2. The van der Waals surface area contributed by atoms with Crippen molar-refractivity contribution in [3.05, 3.63) is 43.3 Å². The maximum atomic E-state index is 11.0. The Labute approximate surface area is 93.7 Å². The minimum atomic E-state index is -0.0145. The van der Waals surface area contributed by atoms with Gasteiger partial charge in [-0.2, -0.15) is 0 Å². The van der Waals surface area contributed by atoms with Crippen LogP contribution < -0.4 is 4.87 Å². The Morgan fingerprint density at radius 3 is 2.86 bits per heavy atom. The third-order valence-electron chi connectivity index (χ3n) is 2.01. The van der Waals surface area contributed by atoms with Crippen molar-refractivity contribution in [2.45, 2.75) is 6.92 Å². The van der Waals surface area contributed by atoms with E-state index < -0.39 is 0 Å². The lowest BCUT2D eigenvalue weighted by molar-refractivity contribution is 1.32. The summed E-state index contributed by atoms with van der Waals surface area (Å²) < 4.78 is 1.02. The summed E-state index contributed by atoms with van der Waals surface area (Å²) in [7, 11) is 0. The number of halogens is 1. The fourth-order valence-corrected chi connectivity index (χ4v) is 2.24. The number of aromatic nitrogens is 1. The zero-order chi connectivity index (χ0) is 10.1. The molecule has 0 radical (unpaired) electrons. The van der Waals surface area contributed by atoms with Crippen molar-refractivity contribution in [3.8, 4) is 11.3 Å². The Morgan fingerprint density at radius 2 is 2.21 bits per heavy atom. The average Bonchev–Trinajstić information content (AvgIpc) is 2.56. The fraction of sp³-hybridized carbons (Fsp3) is 0.100. The van der Waals surface area contributed by atoms with E-state index >= 15 is 0 Å². The molecule has 1 aromatic carbocycles. The second kappa shape index (κ2) is 3.71. The van der Waals surface area contributed by atoms with Crippen molar-refractivity contribution >= 4 is 27.3 Å². The van der Waals surface area contributed by atoms with Crippen LogP contribution in [0.15, 0.2) is 32.8 Å². The highest BCUT2D eigenvalue weighted by Crippen LogP contribution is 2.25. The molecular weight excluding hydrogens is 262 g/mol. The molecule has 72 valence electrons. The molecule has 0 aliphatic heterocycles. The Bertz CT molecular complexity index is 515. The van der Waals surface area contributed by atoms with Crippen LogP contribution in [0.3, 0.4) is 0 Å². The normalized spacial score (nSPS) is 10.4. The number of thiazole rings is 1. The van der Waals surface area contributed by atoms with E-state index in [9.17, 15) is 4.79 Å². The van der Waals surface area contributed by atoms with Crippen LogP contribution in [0, 0.1) is 6.92 Å². The van der Waals surface area contributed by atoms with Gasteiger partial charge < -0.3 is 4.98 Å². The monoisotopic (exact) mass is 269 g/mol. The molecule has 0 spiro atoms. The Morgan fingerprint density at radius 1 is 1.43 bits per heavy atom. The Balaban J connectivity index is 2.61. The van der Waals surface area contributed by atoms with Gasteiger partial charge in [0.25, 0.3) is 0 Å². The molecule has 0 unspecified atom stereocenters. The molecule has 0 amide bonds. The minimum Gasteiger partial charge on any atom is -0.312 e. The van der Waals surface area contributed by atoms with Gasteiger partial charge in [-0.15, -0.1) is 0 Å². The highest BCUT2D eigenvalue weighted by atomic mass is 79.9. The van der Waals surface area contributed by atoms with Crippen molar-refractivity contribution in [1.82, 2.24) is 4.98 Å². The average molecular weight is 270 g/mol. The second-order valence-corrected chi connectivity index (χ2v) is 4.78. The first kappa shape index (κ1) is 9.68. The van der Waals surface area contributed by atoms with E-state index in [1.807, 2.05) is 30.5 Å². The molecule has 2 rings (SSSR count). The minimum absolute atomic E-state index is 0.0145. The maximum Gasteiger partial charge on any atom is 0.304 e. The summed E-state index contributed by atoms with van der Waals surface area (Å²) in [6.45, 7) is 2.03. The number of H-pyrrole nitrogens is 1. The molecule has 0 bridgehead atoms. The van der Waals surface area contributed by atoms with Crippen molar-refractivity contribution in [3.63, 3.8) is 0 Å². The maximum absolute atomic E-state index is 11.0. The van der Waals surface area contributed by atoms with Crippen LogP contribution in [0.1, 0.15) is 5.56 Å². The largest absolute Gasteiger partial charge is 0.312 e. The smallest absolute Gasteiger partial charge is 0.304 e. The van der Waals surface area contributed by atoms with Gasteiger partial charge in [-0.25, -0.2) is 0 Å². The van der Waals surface area contributed by atoms with E-state index in [0.29, 0.717) is 0 Å². The van der Waals surface area contributed by atoms with Crippen molar-refractivity contribution < 1.29 is 0 Å². The third-order valence-corrected chi connectivity index (χ3v) is 3.17. The molecule has 1 aromatic heterocycles. The van der Waals surface area contributed by atoms with Crippen molar-refractivity contribution in [1.29, 1.82) is 0 Å². The quantitative estimate of drug-likeness (QED) is 0.848. The van der Waals surface area contributed by atoms with Crippen LogP contribution >= 0.6 is 27.3 Å². The predicted octanol–water partition coefficient (Wildman–Crippen LogP) is 3.17. The summed E-state index contributed by atoms with van der Waals surface area (Å²) in [5.41, 5.74) is 3.11. The Kier molecular flexibility index (Phi) is 2.56. The lowest BCUT2D eigenvalue weighted by Gasteiger charge is -2.02. The van der Waals surface area contributed by atoms with Gasteiger partial charge in [0.1, 0.15) is 0 Å². The van der Waals surface area contributed by atoms with E-state index in [0.717, 1.165) is 21.3 Å². The van der Waals surface area contributed by atoms with Crippen LogP contribution in [0.25, 0.3) is 11.3 Å². The summed E-state index contributed by atoms with van der Waals surface area (Å²) in [4.78, 5) is 13.8. The summed E-state index contributed by atoms with van der Waals surface area (Å²) in [6.07, 6.45) is 0. The molecule has 0 aliphatic carbocycles. The zero-order valence-electron chi connectivity index (χ0n) is 7.50. The van der Waals surface area contributed by atoms with Gasteiger partial charge in [0.05, 0.1) is 5.69 Å². The van der Waals surface area contributed by atoms with Crippen LogP contribution in [0.2, 0.25) is 0 Å². The molecule has 4 heteroatoms. The summed E-state index contributed by atoms with van der Waals surface area (Å²) in [5.74, 6) is 0. The first-order valence-corrected chi connectivity index (χ1v) is 5.78. The standard InChI is InChI=1S/C10H8BrNOS/c1-6-2-3-7(11)4-8(6)9-5-14-10(13)12-9/h2-5H,1H3,(H,12,13). The number of aryl methyl sites for hydroxylation is 1. The highest BCUT2D eigenvalue weighted by molar-refractivity contribution is 9.10. The topological polar surface area (TPSA) is 32.9 Å². The summed E-state index contributed by atoms with van der Waals surface area (Å²) in [6, 6.07) is 6.02. The number of hydrogen-bond donors (Lipinski definition) is 1. The number of aromatic amines is 1. The van der Waals surface area contributed by atoms with Gasteiger partial charge in [0.2, 0.25) is 0 Å². The van der Waals surface area contributed by atoms with Gasteiger partial charge in [-0.05, 0) is 24.6 Å². The molecule has 0 fully saturated rings. The number of benzene rings is 1. The molecule has 1 heterocycles. The second-order valence-electron chi connectivity index (χ2n) is 3.02. The molecule has 0 aliphatic rings. The van der Waals surface area contributed by atoms with E-state index in [1.54, 1.807) is 0 Å². The van der Waals surface area contributed by atoms with E-state index in [-0.39, 0.29) is 4.87 Å². The molecule has 1 N–H and O–H groups in total. The predicted molar refractivity (Wildman–Crippen MR) is 62.8 cm³/mol. The molecule has 14 heavy (non-hydrogen) atoms. The van der Waals surface area contributed by atoms with Crippen LogP contribution in [0.4, 0.5) is 0 Å². The van der Waals surface area contributed by atoms with Crippen molar-refractivity contribution in [2.75, 3.05) is 0 Å². The van der Waals surface area contributed by atoms with Crippen LogP contribution in [-0.2, 0) is 0 Å². The number of nitrogens with one attached hydrogen (secondary N) is 1. The number of rotatable bonds is 1. The molecule has 0 saturated carbocycles. The molecule has 0 saturated heterocycles. The van der Waals surface area contributed by atoms with E-state index in [2.05, 4.69) is 20.9 Å². The summed E-state index contributed by atoms with van der Waals surface area (Å²) >= 11 is 4.60. The first-order valence-electron chi connectivity index (χ1n) is 4.11.